The van der Waals surface area contributed by atoms with E-state index in [-0.39, 0.29) is 79.8 Å². The average molecular weight is 796 g/mol. The van der Waals surface area contributed by atoms with E-state index in [9.17, 15) is 38.9 Å². The van der Waals surface area contributed by atoms with Crippen molar-refractivity contribution in [3.8, 4) is 0 Å². The minimum atomic E-state index is -4.65. The number of allylic oxidation sites excluding steroid dienone is 3. The topological polar surface area (TPSA) is 172 Å². The van der Waals surface area contributed by atoms with Crippen LogP contribution in [0.5, 0.6) is 0 Å². The summed E-state index contributed by atoms with van der Waals surface area (Å²) in [5.74, 6) is 0. The number of likely N-dealkylation sites (N-methyl/N-ethyl adjacent to an activating group) is 1. The number of hydrogen-bond acceptors (Lipinski definition) is 9. The first-order valence-electron chi connectivity index (χ1n) is 16.0. The van der Waals surface area contributed by atoms with Gasteiger partial charge in [0, 0.05) is 31.4 Å². The van der Waals surface area contributed by atoms with Gasteiger partial charge < -0.3 is 9.45 Å². The number of benzene rings is 4. The van der Waals surface area contributed by atoms with Crippen LogP contribution < -0.4 is 64.0 Å². The monoisotopic (exact) mass is 795 g/mol. The van der Waals surface area contributed by atoms with Crippen LogP contribution in [-0.2, 0) is 43.4 Å². The van der Waals surface area contributed by atoms with Gasteiger partial charge in [-0.15, -0.1) is 0 Å². The average Bonchev–Trinajstić information content (AvgIpc) is 3.10. The van der Waals surface area contributed by atoms with E-state index in [1.165, 1.54) is 36.4 Å². The Morgan fingerprint density at radius 1 is 0.642 bits per heavy atom. The van der Waals surface area contributed by atoms with E-state index in [0.29, 0.717) is 37.3 Å². The first-order chi connectivity index (χ1) is 24.1. The van der Waals surface area contributed by atoms with Crippen LogP contribution in [0.4, 0.5) is 5.69 Å². The molecule has 5 rings (SSSR count). The van der Waals surface area contributed by atoms with Gasteiger partial charge in [0.05, 0.1) is 14.7 Å². The van der Waals surface area contributed by atoms with Crippen LogP contribution in [0.15, 0.2) is 142 Å². The first-order valence-corrected chi connectivity index (χ1v) is 20.2. The molecule has 0 aromatic heterocycles. The van der Waals surface area contributed by atoms with Crippen LogP contribution in [0, 0.1) is 0 Å². The summed E-state index contributed by atoms with van der Waals surface area (Å²) in [6, 6.07) is 25.6. The molecule has 16 heteroatoms. The zero-order valence-electron chi connectivity index (χ0n) is 29.8. The molecule has 0 unspecified atom stereocenters. The van der Waals surface area contributed by atoms with E-state index in [1.807, 2.05) is 67.3 Å². The Labute approximate surface area is 356 Å². The molecule has 4 aromatic carbocycles. The Bertz CT molecular complexity index is 2310. The number of hydrogen-bond donors (Lipinski definition) is 2. The summed E-state index contributed by atoms with van der Waals surface area (Å²) in [6.07, 6.45) is 7.94. The second kappa shape index (κ2) is 19.0. The summed E-state index contributed by atoms with van der Waals surface area (Å²) in [5.41, 5.74) is 5.40. The van der Waals surface area contributed by atoms with Crippen molar-refractivity contribution in [3.05, 3.63) is 149 Å². The second-order valence-electron chi connectivity index (χ2n) is 11.9. The Kier molecular flexibility index (Phi) is 16.1. The fourth-order valence-electron chi connectivity index (χ4n) is 5.94. The van der Waals surface area contributed by atoms with E-state index in [1.54, 1.807) is 36.4 Å². The molecule has 1 aliphatic rings. The van der Waals surface area contributed by atoms with E-state index in [4.69, 9.17) is 0 Å². The zero-order valence-corrected chi connectivity index (χ0v) is 36.3. The second-order valence-corrected chi connectivity index (χ2v) is 16.1. The van der Waals surface area contributed by atoms with Crippen molar-refractivity contribution in [3.63, 3.8) is 0 Å². The molecule has 0 saturated heterocycles. The summed E-state index contributed by atoms with van der Waals surface area (Å²) in [4.78, 5) is 3.48. The molecule has 0 radical (unpaired) electrons. The molecular weight excluding hydrogens is 759 g/mol. The maximum atomic E-state index is 11.7. The molecule has 1 aliphatic carbocycles. The number of rotatable bonds is 13. The fraction of sp³-hybridized carbons (Fsp3) is 0.189. The SMILES string of the molecule is CCN(Cc1cccc(S(=O)(=O)O)c1)c1ccc(C(=C2C=CC(N(CC)Cc3cccc(S(=O)(=O)O)c3)C=C2)c2ccc(S(=O)(=O)[O-])cc2)cc1.[Na+].[Na+]. The van der Waals surface area contributed by atoms with Crippen LogP contribution in [0.25, 0.3) is 5.57 Å². The van der Waals surface area contributed by atoms with Crippen LogP contribution >= 0.6 is 0 Å². The standard InChI is InChI=1S/C37H38N2O9S3.2Na/c1-3-38(25-27-7-5-9-35(23-27)50(43,44)45)32-17-11-29(12-18-32)37(31-15-21-34(22-16-31)49(40,41)42)30-13-19-33(20-14-30)39(4-2)26-28-8-6-10-36(24-28)51(46,47)48;;/h5-24,32H,3-4,25-26H2,1-2H3,(H,40,41,42)(H,43,44,45)(H,46,47,48);;/q;2*+1/p-1. The van der Waals surface area contributed by atoms with E-state index in [2.05, 4.69) is 4.90 Å². The number of nitrogens with zero attached hydrogens (tertiary/aromatic N) is 2. The molecule has 4 aromatic rings. The zero-order chi connectivity index (χ0) is 37.0. The van der Waals surface area contributed by atoms with Crippen molar-refractivity contribution in [1.82, 2.24) is 4.90 Å². The molecule has 0 bridgehead atoms. The molecule has 0 atom stereocenters. The van der Waals surface area contributed by atoms with Crippen molar-refractivity contribution in [2.45, 2.75) is 47.7 Å². The largest absolute Gasteiger partial charge is 1.00 e. The van der Waals surface area contributed by atoms with Crippen molar-refractivity contribution >= 4 is 41.6 Å². The predicted octanol–water partition coefficient (Wildman–Crippen LogP) is -0.0628. The van der Waals surface area contributed by atoms with E-state index in [0.717, 1.165) is 28.0 Å². The predicted molar refractivity (Wildman–Crippen MR) is 194 cm³/mol. The fourth-order valence-corrected chi connectivity index (χ4v) is 7.51. The molecule has 11 nitrogen and oxygen atoms in total. The summed E-state index contributed by atoms with van der Waals surface area (Å²) in [5, 5.41) is 0. The van der Waals surface area contributed by atoms with Gasteiger partial charge in [-0.05, 0) is 95.4 Å². The Morgan fingerprint density at radius 3 is 1.55 bits per heavy atom. The molecule has 0 fully saturated rings. The van der Waals surface area contributed by atoms with Crippen molar-refractivity contribution < 1.29 is 98.0 Å². The normalized spacial score (nSPS) is 14.4. The molecule has 0 spiro atoms. The van der Waals surface area contributed by atoms with Gasteiger partial charge in [0.25, 0.3) is 20.2 Å². The van der Waals surface area contributed by atoms with Gasteiger partial charge in [-0.2, -0.15) is 16.8 Å². The van der Waals surface area contributed by atoms with Gasteiger partial charge in [-0.25, -0.2) is 8.42 Å². The molecule has 268 valence electrons. The maximum absolute atomic E-state index is 11.7. The minimum Gasteiger partial charge on any atom is -0.744 e. The Morgan fingerprint density at radius 2 is 1.11 bits per heavy atom. The van der Waals surface area contributed by atoms with Gasteiger partial charge in [-0.3, -0.25) is 14.0 Å². The molecular formula is C37H37N2Na2O9S3+. The van der Waals surface area contributed by atoms with Crippen LogP contribution in [0.2, 0.25) is 0 Å². The summed E-state index contributed by atoms with van der Waals surface area (Å²) in [7, 11) is -13.3. The summed E-state index contributed by atoms with van der Waals surface area (Å²) < 4.78 is 101. The molecule has 53 heavy (non-hydrogen) atoms. The third-order valence-electron chi connectivity index (χ3n) is 8.55. The third kappa shape index (κ3) is 11.8. The van der Waals surface area contributed by atoms with Gasteiger partial charge >= 0.3 is 59.1 Å². The summed E-state index contributed by atoms with van der Waals surface area (Å²) >= 11 is 0. The van der Waals surface area contributed by atoms with Crippen LogP contribution in [-0.4, -0.2) is 62.9 Å². The van der Waals surface area contributed by atoms with Gasteiger partial charge in [0.1, 0.15) is 10.1 Å². The smallest absolute Gasteiger partial charge is 0.744 e. The van der Waals surface area contributed by atoms with Crippen molar-refractivity contribution in [2.24, 2.45) is 0 Å². The molecule has 2 N–H and O–H groups in total. The van der Waals surface area contributed by atoms with Crippen molar-refractivity contribution in [1.29, 1.82) is 0 Å². The Hall–Kier alpha value is -2.41. The van der Waals surface area contributed by atoms with Gasteiger partial charge in [0.2, 0.25) is 0 Å². The molecule has 0 aliphatic heterocycles. The first kappa shape index (κ1) is 45.0. The molecule has 0 heterocycles. The Balaban J connectivity index is 0.00000378. The quantitative estimate of drug-likeness (QED) is 0.137. The minimum absolute atomic E-state index is 0. The van der Waals surface area contributed by atoms with Gasteiger partial charge in [-0.1, -0.05) is 79.8 Å². The van der Waals surface area contributed by atoms with Crippen LogP contribution in [0.1, 0.15) is 36.1 Å². The van der Waals surface area contributed by atoms with Crippen molar-refractivity contribution in [2.75, 3.05) is 18.0 Å². The third-order valence-corrected chi connectivity index (χ3v) is 11.1. The van der Waals surface area contributed by atoms with Crippen LogP contribution in [0.3, 0.4) is 0 Å². The number of anilines is 1. The van der Waals surface area contributed by atoms with E-state index < -0.39 is 30.4 Å². The maximum Gasteiger partial charge on any atom is 1.00 e. The molecule has 0 amide bonds. The van der Waals surface area contributed by atoms with E-state index >= 15 is 0 Å². The molecule has 0 saturated carbocycles. The van der Waals surface area contributed by atoms with Gasteiger partial charge in [0.15, 0.2) is 0 Å². The summed E-state index contributed by atoms with van der Waals surface area (Å²) in [6.45, 7) is 6.02.